The van der Waals surface area contributed by atoms with Crippen LogP contribution >= 0.6 is 0 Å². The maximum Gasteiger partial charge on any atom is 0.142 e. The van der Waals surface area contributed by atoms with Crippen molar-refractivity contribution in [2.75, 3.05) is 37.8 Å². The van der Waals surface area contributed by atoms with Gasteiger partial charge in [-0.15, -0.1) is 0 Å². The van der Waals surface area contributed by atoms with Crippen LogP contribution in [0, 0.1) is 0 Å². The Balaban J connectivity index is 1.74. The quantitative estimate of drug-likeness (QED) is 0.673. The number of ether oxygens (including phenoxy) is 3. The molecule has 2 atom stereocenters. The highest BCUT2D eigenvalue weighted by molar-refractivity contribution is 5.58. The highest BCUT2D eigenvalue weighted by Crippen LogP contribution is 2.31. The zero-order chi connectivity index (χ0) is 13.1. The number of nitrogens with zero attached hydrogens (tertiary/aromatic N) is 1. The zero-order valence-corrected chi connectivity index (χ0v) is 11.4. The SMILES string of the molecule is CCCOc1ccccc1N(CC1CO1)CC1CO1. The fourth-order valence-corrected chi connectivity index (χ4v) is 2.16. The number of para-hydroxylation sites is 2. The van der Waals surface area contributed by atoms with Crippen molar-refractivity contribution in [1.82, 2.24) is 0 Å². The van der Waals surface area contributed by atoms with E-state index in [0.29, 0.717) is 12.2 Å². The molecule has 4 heteroatoms. The molecule has 0 aromatic heterocycles. The van der Waals surface area contributed by atoms with E-state index in [9.17, 15) is 0 Å². The highest BCUT2D eigenvalue weighted by atomic mass is 16.6. The first-order chi connectivity index (χ1) is 9.36. The average Bonchev–Trinajstić information content (AvgIpc) is 3.31. The van der Waals surface area contributed by atoms with Crippen LogP contribution in [-0.2, 0) is 9.47 Å². The second-order valence-corrected chi connectivity index (χ2v) is 5.13. The van der Waals surface area contributed by atoms with Crippen molar-refractivity contribution >= 4 is 5.69 Å². The molecule has 2 heterocycles. The Morgan fingerprint density at radius 2 is 1.79 bits per heavy atom. The molecule has 104 valence electrons. The third-order valence-corrected chi connectivity index (χ3v) is 3.32. The van der Waals surface area contributed by atoms with Gasteiger partial charge in [0, 0.05) is 13.1 Å². The number of epoxide rings is 2. The second kappa shape index (κ2) is 5.80. The van der Waals surface area contributed by atoms with Crippen LogP contribution in [0.5, 0.6) is 5.75 Å². The lowest BCUT2D eigenvalue weighted by Gasteiger charge is -2.25. The Morgan fingerprint density at radius 1 is 1.16 bits per heavy atom. The van der Waals surface area contributed by atoms with E-state index in [1.54, 1.807) is 0 Å². The van der Waals surface area contributed by atoms with E-state index in [4.69, 9.17) is 14.2 Å². The summed E-state index contributed by atoms with van der Waals surface area (Å²) in [6.45, 7) is 6.47. The number of hydrogen-bond donors (Lipinski definition) is 0. The maximum atomic E-state index is 5.85. The molecule has 0 N–H and O–H groups in total. The van der Waals surface area contributed by atoms with E-state index >= 15 is 0 Å². The molecule has 2 aliphatic rings. The first-order valence-electron chi connectivity index (χ1n) is 7.07. The van der Waals surface area contributed by atoms with Crippen molar-refractivity contribution in [3.8, 4) is 5.75 Å². The van der Waals surface area contributed by atoms with Crippen LogP contribution in [0.3, 0.4) is 0 Å². The monoisotopic (exact) mass is 263 g/mol. The fourth-order valence-electron chi connectivity index (χ4n) is 2.16. The molecule has 0 radical (unpaired) electrons. The molecule has 2 aliphatic heterocycles. The molecule has 2 saturated heterocycles. The van der Waals surface area contributed by atoms with Crippen molar-refractivity contribution < 1.29 is 14.2 Å². The zero-order valence-electron chi connectivity index (χ0n) is 11.4. The largest absolute Gasteiger partial charge is 0.491 e. The lowest BCUT2D eigenvalue weighted by Crippen LogP contribution is -2.32. The minimum absolute atomic E-state index is 0.373. The number of hydrogen-bond acceptors (Lipinski definition) is 4. The molecule has 2 unspecified atom stereocenters. The van der Waals surface area contributed by atoms with Crippen molar-refractivity contribution in [2.45, 2.75) is 25.6 Å². The van der Waals surface area contributed by atoms with Crippen molar-refractivity contribution in [2.24, 2.45) is 0 Å². The first-order valence-corrected chi connectivity index (χ1v) is 7.07. The molecule has 4 nitrogen and oxygen atoms in total. The van der Waals surface area contributed by atoms with Gasteiger partial charge in [-0.2, -0.15) is 0 Å². The van der Waals surface area contributed by atoms with Crippen LogP contribution in [0.1, 0.15) is 13.3 Å². The van der Waals surface area contributed by atoms with Gasteiger partial charge >= 0.3 is 0 Å². The molecule has 3 rings (SSSR count). The van der Waals surface area contributed by atoms with Gasteiger partial charge in [0.25, 0.3) is 0 Å². The number of benzene rings is 1. The highest BCUT2D eigenvalue weighted by Gasteiger charge is 2.31. The normalized spacial score (nSPS) is 24.1. The Labute approximate surface area is 114 Å². The predicted molar refractivity (Wildman–Crippen MR) is 73.9 cm³/mol. The first kappa shape index (κ1) is 12.8. The van der Waals surface area contributed by atoms with E-state index in [2.05, 4.69) is 24.0 Å². The van der Waals surface area contributed by atoms with E-state index in [0.717, 1.165) is 50.8 Å². The van der Waals surface area contributed by atoms with E-state index in [1.165, 1.54) is 0 Å². The Kier molecular flexibility index (Phi) is 3.89. The van der Waals surface area contributed by atoms with Crippen LogP contribution in [-0.4, -0.2) is 45.1 Å². The average molecular weight is 263 g/mol. The van der Waals surface area contributed by atoms with Gasteiger partial charge in [-0.05, 0) is 18.6 Å². The molecule has 19 heavy (non-hydrogen) atoms. The van der Waals surface area contributed by atoms with Crippen LogP contribution in [0.2, 0.25) is 0 Å². The van der Waals surface area contributed by atoms with Gasteiger partial charge in [-0.1, -0.05) is 19.1 Å². The lowest BCUT2D eigenvalue weighted by atomic mass is 10.2. The van der Waals surface area contributed by atoms with E-state index < -0.39 is 0 Å². The topological polar surface area (TPSA) is 37.5 Å². The summed E-state index contributed by atoms with van der Waals surface area (Å²) in [4.78, 5) is 2.33. The van der Waals surface area contributed by atoms with E-state index in [-0.39, 0.29) is 0 Å². The van der Waals surface area contributed by atoms with Crippen LogP contribution in [0.4, 0.5) is 5.69 Å². The van der Waals surface area contributed by atoms with Crippen LogP contribution in [0.25, 0.3) is 0 Å². The summed E-state index contributed by atoms with van der Waals surface area (Å²) in [7, 11) is 0. The molecule has 1 aromatic carbocycles. The van der Waals surface area contributed by atoms with Crippen molar-refractivity contribution in [3.05, 3.63) is 24.3 Å². The summed E-state index contributed by atoms with van der Waals surface area (Å²) >= 11 is 0. The molecule has 0 spiro atoms. The number of anilines is 1. The van der Waals surface area contributed by atoms with Gasteiger partial charge in [-0.3, -0.25) is 0 Å². The smallest absolute Gasteiger partial charge is 0.142 e. The van der Waals surface area contributed by atoms with Gasteiger partial charge in [0.2, 0.25) is 0 Å². The molecule has 2 fully saturated rings. The molecular formula is C15H21NO3. The summed E-state index contributed by atoms with van der Waals surface area (Å²) in [6, 6.07) is 8.24. The molecule has 0 bridgehead atoms. The summed E-state index contributed by atoms with van der Waals surface area (Å²) < 4.78 is 16.6. The number of rotatable bonds is 8. The standard InChI is InChI=1S/C15H21NO3/c1-2-7-17-15-6-4-3-5-14(15)16(8-12-10-18-12)9-13-11-19-13/h3-6,12-13H,2,7-11H2,1H3. The van der Waals surface area contributed by atoms with Crippen LogP contribution in [0.15, 0.2) is 24.3 Å². The molecule has 0 saturated carbocycles. The van der Waals surface area contributed by atoms with Crippen LogP contribution < -0.4 is 9.64 Å². The molecule has 0 amide bonds. The predicted octanol–water partition coefficient (Wildman–Crippen LogP) is 2.08. The third kappa shape index (κ3) is 3.61. The Morgan fingerprint density at radius 3 is 2.37 bits per heavy atom. The fraction of sp³-hybridized carbons (Fsp3) is 0.600. The van der Waals surface area contributed by atoms with Gasteiger partial charge < -0.3 is 19.1 Å². The Bertz CT molecular complexity index is 402. The minimum Gasteiger partial charge on any atom is -0.491 e. The van der Waals surface area contributed by atoms with Crippen molar-refractivity contribution in [3.63, 3.8) is 0 Å². The van der Waals surface area contributed by atoms with Gasteiger partial charge in [0.05, 0.1) is 37.7 Å². The summed E-state index contributed by atoms with van der Waals surface area (Å²) in [6.07, 6.45) is 1.77. The summed E-state index contributed by atoms with van der Waals surface area (Å²) in [5.74, 6) is 0.964. The van der Waals surface area contributed by atoms with Gasteiger partial charge in [-0.25, -0.2) is 0 Å². The summed E-state index contributed by atoms with van der Waals surface area (Å²) in [5, 5.41) is 0. The third-order valence-electron chi connectivity index (χ3n) is 3.32. The molecule has 0 aliphatic carbocycles. The molecule has 1 aromatic rings. The van der Waals surface area contributed by atoms with Crippen molar-refractivity contribution in [1.29, 1.82) is 0 Å². The second-order valence-electron chi connectivity index (χ2n) is 5.13. The minimum atomic E-state index is 0.373. The Hall–Kier alpha value is -1.26. The maximum absolute atomic E-state index is 5.85. The summed E-state index contributed by atoms with van der Waals surface area (Å²) in [5.41, 5.74) is 1.15. The molecular weight excluding hydrogens is 242 g/mol. The lowest BCUT2D eigenvalue weighted by molar-refractivity contribution is 0.316. The van der Waals surface area contributed by atoms with Gasteiger partial charge in [0.15, 0.2) is 0 Å². The van der Waals surface area contributed by atoms with E-state index in [1.807, 2.05) is 12.1 Å². The van der Waals surface area contributed by atoms with Gasteiger partial charge in [0.1, 0.15) is 5.75 Å².